The molecule has 1 aromatic rings. The summed E-state index contributed by atoms with van der Waals surface area (Å²) in [6.45, 7) is 0. The van der Waals surface area contributed by atoms with Crippen LogP contribution in [0.25, 0.3) is 6.08 Å². The van der Waals surface area contributed by atoms with Gasteiger partial charge in [-0.15, -0.1) is 0 Å². The number of hydrogen-bond donors (Lipinski definition) is 2. The molecule has 4 nitrogen and oxygen atoms in total. The summed E-state index contributed by atoms with van der Waals surface area (Å²) in [6, 6.07) is 4.33. The minimum Gasteiger partial charge on any atom is -0.507 e. The molecule has 0 spiro atoms. The molecule has 74 valence electrons. The van der Waals surface area contributed by atoms with E-state index in [1.165, 1.54) is 31.4 Å². The number of benzene rings is 1. The fourth-order valence-electron chi connectivity index (χ4n) is 0.931. The number of phenols is 2. The molecule has 0 bridgehead atoms. The summed E-state index contributed by atoms with van der Waals surface area (Å²) in [4.78, 5) is 10.7. The van der Waals surface area contributed by atoms with Crippen molar-refractivity contribution in [1.29, 1.82) is 0 Å². The minimum atomic E-state index is -0.548. The van der Waals surface area contributed by atoms with Crippen LogP contribution in [0.5, 0.6) is 11.5 Å². The van der Waals surface area contributed by atoms with Crippen LogP contribution in [0.3, 0.4) is 0 Å². The Kier molecular flexibility index (Phi) is 3.12. The Hall–Kier alpha value is -1.97. The van der Waals surface area contributed by atoms with Gasteiger partial charge in [0.05, 0.1) is 12.7 Å². The predicted molar refractivity (Wildman–Crippen MR) is 50.8 cm³/mol. The molecule has 0 saturated heterocycles. The van der Waals surface area contributed by atoms with Gasteiger partial charge in [-0.1, -0.05) is 6.07 Å². The van der Waals surface area contributed by atoms with Crippen molar-refractivity contribution < 1.29 is 19.7 Å². The Morgan fingerprint density at radius 1 is 1.36 bits per heavy atom. The summed E-state index contributed by atoms with van der Waals surface area (Å²) >= 11 is 0. The van der Waals surface area contributed by atoms with E-state index in [9.17, 15) is 15.0 Å². The second-order valence-corrected chi connectivity index (χ2v) is 2.57. The first-order valence-corrected chi connectivity index (χ1v) is 3.92. The minimum absolute atomic E-state index is 0.0925. The largest absolute Gasteiger partial charge is 0.507 e. The summed E-state index contributed by atoms with van der Waals surface area (Å²) < 4.78 is 4.36. The molecule has 0 saturated carbocycles. The fourth-order valence-corrected chi connectivity index (χ4v) is 0.931. The van der Waals surface area contributed by atoms with Crippen LogP contribution in [0.2, 0.25) is 0 Å². The second kappa shape index (κ2) is 4.32. The smallest absolute Gasteiger partial charge is 0.330 e. The molecule has 0 fully saturated rings. The number of rotatable bonds is 2. The maximum absolute atomic E-state index is 10.7. The maximum atomic E-state index is 10.7. The van der Waals surface area contributed by atoms with Gasteiger partial charge in [0.1, 0.15) is 11.5 Å². The van der Waals surface area contributed by atoms with Gasteiger partial charge in [-0.05, 0) is 18.2 Å². The van der Waals surface area contributed by atoms with Crippen molar-refractivity contribution in [2.24, 2.45) is 0 Å². The molecule has 2 N–H and O–H groups in total. The highest BCUT2D eigenvalue weighted by Gasteiger charge is 2.03. The summed E-state index contributed by atoms with van der Waals surface area (Å²) in [5, 5.41) is 18.6. The first-order valence-electron chi connectivity index (χ1n) is 3.92. The number of phenolic OH excluding ortho intramolecular Hbond substituents is 2. The lowest BCUT2D eigenvalue weighted by Gasteiger charge is -2.00. The monoisotopic (exact) mass is 194 g/mol. The van der Waals surface area contributed by atoms with E-state index >= 15 is 0 Å². The van der Waals surface area contributed by atoms with Gasteiger partial charge in [0.2, 0.25) is 0 Å². The van der Waals surface area contributed by atoms with E-state index in [1.807, 2.05) is 0 Å². The number of esters is 1. The first kappa shape index (κ1) is 10.1. The van der Waals surface area contributed by atoms with Crippen LogP contribution in [0, 0.1) is 0 Å². The summed E-state index contributed by atoms with van der Waals surface area (Å²) in [7, 11) is 1.25. The molecule has 0 aromatic heterocycles. The number of ether oxygens (including phenoxy) is 1. The molecule has 4 heteroatoms. The number of carbonyl (C=O) groups excluding carboxylic acids is 1. The third-order valence-corrected chi connectivity index (χ3v) is 1.65. The summed E-state index contributed by atoms with van der Waals surface area (Å²) in [6.07, 6.45) is 2.41. The predicted octanol–water partition coefficient (Wildman–Crippen LogP) is 1.28. The van der Waals surface area contributed by atoms with Crippen molar-refractivity contribution in [3.63, 3.8) is 0 Å². The number of methoxy groups -OCH3 is 1. The molecule has 0 heterocycles. The topological polar surface area (TPSA) is 66.8 Å². The third-order valence-electron chi connectivity index (χ3n) is 1.65. The summed E-state index contributed by atoms with van der Waals surface area (Å²) in [5.41, 5.74) is 0.193. The maximum Gasteiger partial charge on any atom is 0.330 e. The zero-order valence-electron chi connectivity index (χ0n) is 7.60. The highest BCUT2D eigenvalue weighted by atomic mass is 16.5. The SMILES string of the molecule is COC(=O)/C=C/c1c(O)cccc1O. The fraction of sp³-hybridized carbons (Fsp3) is 0.100. The number of aromatic hydroxyl groups is 2. The molecule has 1 rings (SSSR count). The van der Waals surface area contributed by atoms with Crippen molar-refractivity contribution in [2.45, 2.75) is 0 Å². The van der Waals surface area contributed by atoms with Gasteiger partial charge in [0, 0.05) is 6.08 Å². The van der Waals surface area contributed by atoms with Crippen LogP contribution >= 0.6 is 0 Å². The standard InChI is InChI=1S/C10H10O4/c1-14-10(13)6-5-7-8(11)3-2-4-9(7)12/h2-6,11-12H,1H3/b6-5+. The molecule has 1 aromatic carbocycles. The Morgan fingerprint density at radius 3 is 2.43 bits per heavy atom. The molecular formula is C10H10O4. The van der Waals surface area contributed by atoms with Gasteiger partial charge in [0.15, 0.2) is 0 Å². The van der Waals surface area contributed by atoms with Gasteiger partial charge < -0.3 is 14.9 Å². The lowest BCUT2D eigenvalue weighted by Crippen LogP contribution is -1.93. The van der Waals surface area contributed by atoms with Crippen molar-refractivity contribution >= 4 is 12.0 Å². The van der Waals surface area contributed by atoms with Gasteiger partial charge in [0.25, 0.3) is 0 Å². The second-order valence-electron chi connectivity index (χ2n) is 2.57. The zero-order chi connectivity index (χ0) is 10.6. The molecule has 0 unspecified atom stereocenters. The van der Waals surface area contributed by atoms with E-state index in [4.69, 9.17) is 0 Å². The number of hydrogen-bond acceptors (Lipinski definition) is 4. The highest BCUT2D eigenvalue weighted by molar-refractivity contribution is 5.88. The molecule has 0 aliphatic carbocycles. The molecule has 0 atom stereocenters. The van der Waals surface area contributed by atoms with Gasteiger partial charge in [-0.2, -0.15) is 0 Å². The van der Waals surface area contributed by atoms with Crippen LogP contribution in [0.4, 0.5) is 0 Å². The molecule has 0 amide bonds. The molecule has 14 heavy (non-hydrogen) atoms. The van der Waals surface area contributed by atoms with Crippen molar-refractivity contribution in [3.05, 3.63) is 29.8 Å². The van der Waals surface area contributed by atoms with Gasteiger partial charge >= 0.3 is 5.97 Å². The van der Waals surface area contributed by atoms with E-state index in [1.54, 1.807) is 0 Å². The lowest BCUT2D eigenvalue weighted by molar-refractivity contribution is -0.134. The van der Waals surface area contributed by atoms with Gasteiger partial charge in [-0.25, -0.2) is 4.79 Å². The van der Waals surface area contributed by atoms with Crippen LogP contribution in [0.15, 0.2) is 24.3 Å². The average molecular weight is 194 g/mol. The Balaban J connectivity index is 2.96. The van der Waals surface area contributed by atoms with Crippen molar-refractivity contribution in [2.75, 3.05) is 7.11 Å². The first-order chi connectivity index (χ1) is 6.65. The van der Waals surface area contributed by atoms with Crippen molar-refractivity contribution in [3.8, 4) is 11.5 Å². The molecule has 0 radical (unpaired) electrons. The molecule has 0 aliphatic rings. The highest BCUT2D eigenvalue weighted by Crippen LogP contribution is 2.27. The van der Waals surface area contributed by atoms with Crippen LogP contribution < -0.4 is 0 Å². The zero-order valence-corrected chi connectivity index (χ0v) is 7.60. The van der Waals surface area contributed by atoms with E-state index in [0.29, 0.717) is 0 Å². The lowest BCUT2D eigenvalue weighted by atomic mass is 10.1. The van der Waals surface area contributed by atoms with Crippen LogP contribution in [-0.2, 0) is 9.53 Å². The average Bonchev–Trinajstić information content (AvgIpc) is 2.16. The third kappa shape index (κ3) is 2.26. The molecular weight excluding hydrogens is 184 g/mol. The Labute approximate surface area is 81.1 Å². The normalized spacial score (nSPS) is 10.4. The molecule has 0 aliphatic heterocycles. The van der Waals surface area contributed by atoms with Crippen LogP contribution in [-0.4, -0.2) is 23.3 Å². The van der Waals surface area contributed by atoms with E-state index in [0.717, 1.165) is 6.08 Å². The Bertz CT molecular complexity index is 348. The Morgan fingerprint density at radius 2 is 1.93 bits per heavy atom. The van der Waals surface area contributed by atoms with Crippen LogP contribution in [0.1, 0.15) is 5.56 Å². The summed E-state index contributed by atoms with van der Waals surface area (Å²) in [5.74, 6) is -0.733. The van der Waals surface area contributed by atoms with E-state index < -0.39 is 5.97 Å². The van der Waals surface area contributed by atoms with Gasteiger partial charge in [-0.3, -0.25) is 0 Å². The quantitative estimate of drug-likeness (QED) is 0.549. The number of carbonyl (C=O) groups is 1. The van der Waals surface area contributed by atoms with E-state index in [-0.39, 0.29) is 17.1 Å². The van der Waals surface area contributed by atoms with E-state index in [2.05, 4.69) is 4.74 Å². The van der Waals surface area contributed by atoms with Crippen molar-refractivity contribution in [1.82, 2.24) is 0 Å².